The highest BCUT2D eigenvalue weighted by Crippen LogP contribution is 2.14. The van der Waals surface area contributed by atoms with Gasteiger partial charge >= 0.3 is 18.0 Å². The van der Waals surface area contributed by atoms with Gasteiger partial charge in [-0.25, -0.2) is 14.0 Å². The van der Waals surface area contributed by atoms with Crippen LogP contribution in [-0.4, -0.2) is 46.5 Å². The zero-order valence-corrected chi connectivity index (χ0v) is 13.6. The Kier molecular flexibility index (Phi) is 8.63. The molecule has 132 valence electrons. The predicted molar refractivity (Wildman–Crippen MR) is 87.4 cm³/mol. The second-order valence-electron chi connectivity index (χ2n) is 4.93. The molecule has 9 heteroatoms. The second kappa shape index (κ2) is 10.5. The maximum Gasteiger partial charge on any atom is 0.327 e. The van der Waals surface area contributed by atoms with E-state index in [2.05, 4.69) is 10.6 Å². The first-order valence-electron chi connectivity index (χ1n) is 7.19. The number of halogens is 1. The number of hydrogen-bond donors (Lipinski definition) is 4. The molecule has 0 bridgehead atoms. The van der Waals surface area contributed by atoms with Gasteiger partial charge in [0.1, 0.15) is 11.9 Å². The number of aliphatic carboxylic acids is 2. The molecule has 0 radical (unpaired) electrons. The third-order valence-corrected chi connectivity index (χ3v) is 4.03. The van der Waals surface area contributed by atoms with Gasteiger partial charge in [-0.1, -0.05) is 12.1 Å². The van der Waals surface area contributed by atoms with Crippen LogP contribution in [0.5, 0.6) is 0 Å². The molecule has 1 aromatic rings. The number of amides is 2. The fourth-order valence-corrected chi connectivity index (χ4v) is 2.71. The van der Waals surface area contributed by atoms with Crippen LogP contribution in [0.25, 0.3) is 0 Å². The molecule has 1 rings (SSSR count). The Morgan fingerprint density at radius 3 is 2.42 bits per heavy atom. The Bertz CT molecular complexity index is 567. The van der Waals surface area contributed by atoms with Crippen LogP contribution < -0.4 is 10.6 Å². The third-order valence-electron chi connectivity index (χ3n) is 2.92. The van der Waals surface area contributed by atoms with Crippen LogP contribution in [0.3, 0.4) is 0 Å². The summed E-state index contributed by atoms with van der Waals surface area (Å²) >= 11 is 1.30. The Morgan fingerprint density at radius 2 is 1.83 bits per heavy atom. The largest absolute Gasteiger partial charge is 0.481 e. The molecule has 0 aliphatic rings. The summed E-state index contributed by atoms with van der Waals surface area (Å²) < 4.78 is 12.8. The summed E-state index contributed by atoms with van der Waals surface area (Å²) in [5.41, 5.74) is 0.851. The van der Waals surface area contributed by atoms with Crippen LogP contribution in [0.2, 0.25) is 0 Å². The number of urea groups is 1. The van der Waals surface area contributed by atoms with Crippen molar-refractivity contribution in [3.05, 3.63) is 35.6 Å². The zero-order valence-electron chi connectivity index (χ0n) is 12.8. The first kappa shape index (κ1) is 19.8. The lowest BCUT2D eigenvalue weighted by Crippen LogP contribution is -2.47. The lowest BCUT2D eigenvalue weighted by Gasteiger charge is -2.15. The third kappa shape index (κ3) is 8.37. The van der Waals surface area contributed by atoms with Crippen molar-refractivity contribution in [3.8, 4) is 0 Å². The summed E-state index contributed by atoms with van der Waals surface area (Å²) in [5.74, 6) is -1.82. The van der Waals surface area contributed by atoms with Gasteiger partial charge in [-0.05, 0) is 24.1 Å². The van der Waals surface area contributed by atoms with Gasteiger partial charge in [-0.3, -0.25) is 4.79 Å². The van der Waals surface area contributed by atoms with E-state index >= 15 is 0 Å². The molecule has 2 amide bonds. The van der Waals surface area contributed by atoms with E-state index in [4.69, 9.17) is 10.2 Å². The van der Waals surface area contributed by atoms with E-state index in [1.165, 1.54) is 23.9 Å². The number of carbonyl (C=O) groups excluding carboxylic acids is 1. The van der Waals surface area contributed by atoms with Gasteiger partial charge in [0.05, 0.1) is 0 Å². The smallest absolute Gasteiger partial charge is 0.327 e. The monoisotopic (exact) mass is 357 g/mol. The van der Waals surface area contributed by atoms with Crippen molar-refractivity contribution in [1.29, 1.82) is 0 Å². The second-order valence-corrected chi connectivity index (χ2v) is 5.96. The van der Waals surface area contributed by atoms with Gasteiger partial charge in [-0.2, -0.15) is 11.8 Å². The zero-order chi connectivity index (χ0) is 17.9. The van der Waals surface area contributed by atoms with Crippen molar-refractivity contribution in [3.63, 3.8) is 0 Å². The van der Waals surface area contributed by atoms with Crippen LogP contribution in [0.15, 0.2) is 24.3 Å². The van der Waals surface area contributed by atoms with Crippen molar-refractivity contribution in [2.45, 2.75) is 24.6 Å². The maximum absolute atomic E-state index is 12.8. The molecule has 0 saturated heterocycles. The maximum atomic E-state index is 12.8. The molecule has 0 heterocycles. The quantitative estimate of drug-likeness (QED) is 0.474. The highest BCUT2D eigenvalue weighted by Gasteiger charge is 2.19. The van der Waals surface area contributed by atoms with Crippen LogP contribution in [0.1, 0.15) is 18.4 Å². The molecule has 0 aliphatic heterocycles. The Balaban J connectivity index is 2.32. The molecule has 0 saturated carbocycles. The number of carbonyl (C=O) groups is 3. The molecule has 0 fully saturated rings. The molecule has 7 nitrogen and oxygen atoms in total. The predicted octanol–water partition coefficient (Wildman–Crippen LogP) is 1.68. The van der Waals surface area contributed by atoms with Crippen molar-refractivity contribution < 1.29 is 29.0 Å². The number of benzene rings is 1. The van der Waals surface area contributed by atoms with Crippen molar-refractivity contribution in [1.82, 2.24) is 10.6 Å². The minimum atomic E-state index is -1.16. The molecule has 4 N–H and O–H groups in total. The Morgan fingerprint density at radius 1 is 1.17 bits per heavy atom. The van der Waals surface area contributed by atoms with E-state index < -0.39 is 24.0 Å². The lowest BCUT2D eigenvalue weighted by molar-refractivity contribution is -0.139. The number of rotatable bonds is 10. The molecular weight excluding hydrogens is 338 g/mol. The van der Waals surface area contributed by atoms with Crippen LogP contribution in [0, 0.1) is 5.82 Å². The van der Waals surface area contributed by atoms with E-state index in [9.17, 15) is 18.8 Å². The topological polar surface area (TPSA) is 116 Å². The Labute approximate surface area is 142 Å². The lowest BCUT2D eigenvalue weighted by atomic mass is 10.2. The molecular formula is C15H19FN2O5S. The number of carboxylic acid groups (broad SMARTS) is 2. The summed E-state index contributed by atoms with van der Waals surface area (Å²) in [7, 11) is 0. The molecule has 24 heavy (non-hydrogen) atoms. The summed E-state index contributed by atoms with van der Waals surface area (Å²) in [4.78, 5) is 33.1. The van der Waals surface area contributed by atoms with E-state index in [0.717, 1.165) is 5.56 Å². The fraction of sp³-hybridized carbons (Fsp3) is 0.400. The first-order chi connectivity index (χ1) is 11.4. The van der Waals surface area contributed by atoms with Gasteiger partial charge in [0.25, 0.3) is 0 Å². The molecule has 0 aliphatic carbocycles. The minimum Gasteiger partial charge on any atom is -0.481 e. The van der Waals surface area contributed by atoms with E-state index in [-0.39, 0.29) is 31.0 Å². The van der Waals surface area contributed by atoms with Gasteiger partial charge in [0.15, 0.2) is 0 Å². The van der Waals surface area contributed by atoms with E-state index in [1.807, 2.05) is 0 Å². The number of thioether (sulfide) groups is 1. The highest BCUT2D eigenvalue weighted by atomic mass is 32.2. The van der Waals surface area contributed by atoms with Gasteiger partial charge in [-0.15, -0.1) is 0 Å². The molecule has 1 aromatic carbocycles. The summed E-state index contributed by atoms with van der Waals surface area (Å²) in [6.07, 6.45) is 0.190. The summed E-state index contributed by atoms with van der Waals surface area (Å²) in [5, 5.41) is 22.3. The number of carboxylic acids is 2. The molecule has 1 atom stereocenters. The van der Waals surface area contributed by atoms with Crippen LogP contribution in [0.4, 0.5) is 9.18 Å². The van der Waals surface area contributed by atoms with E-state index in [0.29, 0.717) is 5.75 Å². The average Bonchev–Trinajstić information content (AvgIpc) is 2.52. The Hall–Kier alpha value is -2.29. The fourth-order valence-electron chi connectivity index (χ4n) is 1.70. The number of nitrogens with one attached hydrogen (secondary N) is 2. The summed E-state index contributed by atoms with van der Waals surface area (Å²) in [6.45, 7) is 0.146. The molecule has 0 unspecified atom stereocenters. The highest BCUT2D eigenvalue weighted by molar-refractivity contribution is 7.98. The van der Waals surface area contributed by atoms with E-state index in [1.54, 1.807) is 12.1 Å². The standard InChI is InChI=1S/C15H19FN2O5S/c16-11-5-3-10(4-6-11)8-24-9-12(14(21)22)18-15(23)17-7-1-2-13(19)20/h3-6,12H,1-2,7-9H2,(H,19,20)(H,21,22)(H2,17,18,23)/t12-/m0/s1/i16-1. The van der Waals surface area contributed by atoms with Crippen molar-refractivity contribution >= 4 is 29.7 Å². The number of hydrogen-bond acceptors (Lipinski definition) is 4. The van der Waals surface area contributed by atoms with Crippen LogP contribution in [-0.2, 0) is 15.3 Å². The molecule has 0 spiro atoms. The molecule has 0 aromatic heterocycles. The normalized spacial score (nSPS) is 11.5. The first-order valence-corrected chi connectivity index (χ1v) is 8.35. The van der Waals surface area contributed by atoms with Crippen molar-refractivity contribution in [2.24, 2.45) is 0 Å². The van der Waals surface area contributed by atoms with Crippen molar-refractivity contribution in [2.75, 3.05) is 12.3 Å². The minimum absolute atomic E-state index is 0.0733. The SMILES string of the molecule is O=C(O)CCCNC(=O)N[C@@H](CSCc1ccc([18F])cc1)C(=O)O. The van der Waals surface area contributed by atoms with Gasteiger partial charge in [0.2, 0.25) is 0 Å². The summed E-state index contributed by atoms with van der Waals surface area (Å²) in [6, 6.07) is 4.15. The van der Waals surface area contributed by atoms with Crippen LogP contribution >= 0.6 is 11.8 Å². The van der Waals surface area contributed by atoms with Gasteiger partial charge in [0, 0.05) is 24.5 Å². The average molecular weight is 357 g/mol. The van der Waals surface area contributed by atoms with Gasteiger partial charge < -0.3 is 20.8 Å².